The number of nitrogens with zero attached hydrogens (tertiary/aromatic N) is 2. The summed E-state index contributed by atoms with van der Waals surface area (Å²) >= 11 is 0. The van der Waals surface area contributed by atoms with Gasteiger partial charge in [-0.15, -0.1) is 0 Å². The van der Waals surface area contributed by atoms with Crippen molar-refractivity contribution in [3.8, 4) is 0 Å². The van der Waals surface area contributed by atoms with Crippen LogP contribution in [-0.2, 0) is 14.8 Å². The minimum absolute atomic E-state index is 0.0126. The van der Waals surface area contributed by atoms with Crippen molar-refractivity contribution in [3.63, 3.8) is 0 Å². The lowest BCUT2D eigenvalue weighted by Gasteiger charge is -2.35. The second kappa shape index (κ2) is 8.29. The third-order valence-corrected chi connectivity index (χ3v) is 6.19. The van der Waals surface area contributed by atoms with E-state index < -0.39 is 15.3 Å². The molecule has 7 heteroatoms. The number of ether oxygens (including phenoxy) is 1. The van der Waals surface area contributed by atoms with Crippen molar-refractivity contribution in [3.05, 3.63) is 29.8 Å². The molecule has 1 saturated heterocycles. The largest absolute Gasteiger partial charge is 0.379 e. The summed E-state index contributed by atoms with van der Waals surface area (Å²) in [6.45, 7) is 6.75. The molecular formula is C17H29N3O3S. The summed E-state index contributed by atoms with van der Waals surface area (Å²) in [5.74, 6) is 0. The van der Waals surface area contributed by atoms with E-state index in [-0.39, 0.29) is 6.04 Å². The van der Waals surface area contributed by atoms with E-state index in [0.29, 0.717) is 19.8 Å². The van der Waals surface area contributed by atoms with Crippen molar-refractivity contribution < 1.29 is 13.2 Å². The number of hydrogen-bond acceptors (Lipinski definition) is 5. The quantitative estimate of drug-likeness (QED) is 0.802. The van der Waals surface area contributed by atoms with Gasteiger partial charge in [-0.3, -0.25) is 4.90 Å². The summed E-state index contributed by atoms with van der Waals surface area (Å²) in [7, 11) is 0.733. The molecule has 0 saturated carbocycles. The van der Waals surface area contributed by atoms with Crippen LogP contribution in [0.3, 0.4) is 0 Å². The molecule has 1 aromatic carbocycles. The van der Waals surface area contributed by atoms with Gasteiger partial charge >= 0.3 is 0 Å². The highest BCUT2D eigenvalue weighted by Crippen LogP contribution is 2.24. The Hall–Kier alpha value is -1.15. The standard InChI is InChI=1S/C17H29N3O3S/c1-14(2)24(21,22)18-13-17(20-9-11-23-12-10-20)15-5-7-16(8-6-15)19(3)4/h5-8,14,17-18H,9-13H2,1-4H3/t17-/m1/s1. The molecule has 1 fully saturated rings. The maximum atomic E-state index is 12.1. The van der Waals surface area contributed by atoms with Crippen molar-refractivity contribution in [2.45, 2.75) is 25.1 Å². The van der Waals surface area contributed by atoms with E-state index in [2.05, 4.69) is 38.8 Å². The molecule has 1 aromatic rings. The number of rotatable bonds is 7. The van der Waals surface area contributed by atoms with Gasteiger partial charge in [0.05, 0.1) is 18.5 Å². The van der Waals surface area contributed by atoms with Crippen LogP contribution in [0.25, 0.3) is 0 Å². The van der Waals surface area contributed by atoms with Crippen molar-refractivity contribution in [2.24, 2.45) is 0 Å². The average Bonchev–Trinajstić information content (AvgIpc) is 2.56. The molecule has 0 aromatic heterocycles. The molecule has 0 spiro atoms. The van der Waals surface area contributed by atoms with E-state index in [9.17, 15) is 8.42 Å². The van der Waals surface area contributed by atoms with Crippen LogP contribution in [0.1, 0.15) is 25.5 Å². The van der Waals surface area contributed by atoms with E-state index >= 15 is 0 Å². The highest BCUT2D eigenvalue weighted by Gasteiger charge is 2.25. The number of hydrogen-bond donors (Lipinski definition) is 1. The fraction of sp³-hybridized carbons (Fsp3) is 0.647. The minimum Gasteiger partial charge on any atom is -0.379 e. The minimum atomic E-state index is -3.28. The molecule has 1 heterocycles. The molecule has 136 valence electrons. The summed E-state index contributed by atoms with van der Waals surface area (Å²) in [5.41, 5.74) is 2.25. The lowest BCUT2D eigenvalue weighted by molar-refractivity contribution is 0.0172. The zero-order valence-electron chi connectivity index (χ0n) is 15.0. The Kier molecular flexibility index (Phi) is 6.62. The fourth-order valence-corrected chi connectivity index (χ4v) is 3.43. The third kappa shape index (κ3) is 4.92. The van der Waals surface area contributed by atoms with Crippen LogP contribution in [0.15, 0.2) is 24.3 Å². The first-order chi connectivity index (χ1) is 11.3. The van der Waals surface area contributed by atoms with Crippen LogP contribution in [0.5, 0.6) is 0 Å². The zero-order chi connectivity index (χ0) is 17.7. The molecule has 24 heavy (non-hydrogen) atoms. The summed E-state index contributed by atoms with van der Waals surface area (Å²) in [4.78, 5) is 4.34. The van der Waals surface area contributed by atoms with Gasteiger partial charge in [-0.25, -0.2) is 13.1 Å². The lowest BCUT2D eigenvalue weighted by Crippen LogP contribution is -2.44. The number of benzene rings is 1. The molecule has 1 aliphatic heterocycles. The fourth-order valence-electron chi connectivity index (χ4n) is 2.70. The first kappa shape index (κ1) is 19.2. The Morgan fingerprint density at radius 3 is 2.25 bits per heavy atom. The maximum Gasteiger partial charge on any atom is 0.213 e. The van der Waals surface area contributed by atoms with Gasteiger partial charge in [0, 0.05) is 45.5 Å². The van der Waals surface area contributed by atoms with Gasteiger partial charge in [0.25, 0.3) is 0 Å². The predicted molar refractivity (Wildman–Crippen MR) is 98.0 cm³/mol. The second-order valence-corrected chi connectivity index (χ2v) is 8.91. The lowest BCUT2D eigenvalue weighted by atomic mass is 10.0. The second-order valence-electron chi connectivity index (χ2n) is 6.59. The third-order valence-electron chi connectivity index (χ3n) is 4.38. The molecule has 0 aliphatic carbocycles. The van der Waals surface area contributed by atoms with Crippen LogP contribution >= 0.6 is 0 Å². The average molecular weight is 356 g/mol. The van der Waals surface area contributed by atoms with E-state index in [4.69, 9.17) is 4.74 Å². The smallest absolute Gasteiger partial charge is 0.213 e. The molecule has 0 radical (unpaired) electrons. The molecule has 0 amide bonds. The maximum absolute atomic E-state index is 12.1. The highest BCUT2D eigenvalue weighted by atomic mass is 32.2. The molecule has 1 N–H and O–H groups in total. The van der Waals surface area contributed by atoms with Gasteiger partial charge in [0.15, 0.2) is 0 Å². The Bertz CT molecular complexity index is 608. The highest BCUT2D eigenvalue weighted by molar-refractivity contribution is 7.90. The van der Waals surface area contributed by atoms with Gasteiger partial charge in [0.2, 0.25) is 10.0 Å². The van der Waals surface area contributed by atoms with Crippen molar-refractivity contribution in [1.29, 1.82) is 0 Å². The first-order valence-corrected chi connectivity index (χ1v) is 9.93. The van der Waals surface area contributed by atoms with Gasteiger partial charge < -0.3 is 9.64 Å². The number of sulfonamides is 1. The number of anilines is 1. The van der Waals surface area contributed by atoms with Crippen molar-refractivity contribution in [1.82, 2.24) is 9.62 Å². The Labute approximate surface area is 145 Å². The van der Waals surface area contributed by atoms with Crippen LogP contribution in [0.2, 0.25) is 0 Å². The van der Waals surface area contributed by atoms with Gasteiger partial charge in [-0.1, -0.05) is 12.1 Å². The van der Waals surface area contributed by atoms with E-state index in [0.717, 1.165) is 24.3 Å². The van der Waals surface area contributed by atoms with Gasteiger partial charge in [0.1, 0.15) is 0 Å². The summed E-state index contributed by atoms with van der Waals surface area (Å²) in [5, 5.41) is -0.432. The van der Waals surface area contributed by atoms with Gasteiger partial charge in [-0.2, -0.15) is 0 Å². The Balaban J connectivity index is 2.18. The molecule has 0 unspecified atom stereocenters. The summed E-state index contributed by atoms with van der Waals surface area (Å²) < 4.78 is 32.5. The van der Waals surface area contributed by atoms with Crippen molar-refractivity contribution in [2.75, 3.05) is 51.8 Å². The Morgan fingerprint density at radius 1 is 1.17 bits per heavy atom. The number of morpholine rings is 1. The SMILES string of the molecule is CC(C)S(=O)(=O)NC[C@H](c1ccc(N(C)C)cc1)N1CCOCC1. The molecule has 0 bridgehead atoms. The molecule has 6 nitrogen and oxygen atoms in total. The van der Waals surface area contributed by atoms with Gasteiger partial charge in [-0.05, 0) is 31.5 Å². The predicted octanol–water partition coefficient (Wildman–Crippen LogP) is 1.45. The molecular weight excluding hydrogens is 326 g/mol. The Morgan fingerprint density at radius 2 is 1.75 bits per heavy atom. The normalized spacial score (nSPS) is 17.9. The summed E-state index contributed by atoms with van der Waals surface area (Å²) in [6.07, 6.45) is 0. The van der Waals surface area contributed by atoms with Crippen molar-refractivity contribution >= 4 is 15.7 Å². The zero-order valence-corrected chi connectivity index (χ0v) is 15.8. The van der Waals surface area contributed by atoms with Crippen LogP contribution < -0.4 is 9.62 Å². The van der Waals surface area contributed by atoms with Crippen LogP contribution in [0, 0.1) is 0 Å². The molecule has 2 rings (SSSR count). The molecule has 1 aliphatic rings. The van der Waals surface area contributed by atoms with E-state index in [1.807, 2.05) is 14.1 Å². The van der Waals surface area contributed by atoms with Crippen LogP contribution in [0.4, 0.5) is 5.69 Å². The number of nitrogens with one attached hydrogen (secondary N) is 1. The topological polar surface area (TPSA) is 61.9 Å². The van der Waals surface area contributed by atoms with E-state index in [1.54, 1.807) is 13.8 Å². The van der Waals surface area contributed by atoms with E-state index in [1.165, 1.54) is 0 Å². The monoisotopic (exact) mass is 355 g/mol. The summed E-state index contributed by atoms with van der Waals surface area (Å²) in [6, 6.07) is 8.32. The van der Waals surface area contributed by atoms with Crippen LogP contribution in [-0.4, -0.2) is 65.5 Å². The molecule has 1 atom stereocenters. The first-order valence-electron chi connectivity index (χ1n) is 8.39.